The van der Waals surface area contributed by atoms with Crippen LogP contribution >= 0.6 is 0 Å². The standard InChI is InChI=1S/C17H21NO8/c1-3-24-17(22)26-14(19)10-9-13(15(20)23-2)18-16(21)25-11-12-7-5-4-6-8-12/h4-8,13H,3,9-11H2,1-2H3,(H,18,21)/t13-/m0/s1. The van der Waals surface area contributed by atoms with E-state index in [1.807, 2.05) is 6.07 Å². The summed E-state index contributed by atoms with van der Waals surface area (Å²) >= 11 is 0. The molecule has 142 valence electrons. The first-order valence-electron chi connectivity index (χ1n) is 7.88. The average molecular weight is 367 g/mol. The van der Waals surface area contributed by atoms with E-state index in [0.29, 0.717) is 0 Å². The van der Waals surface area contributed by atoms with Gasteiger partial charge in [0.25, 0.3) is 0 Å². The molecule has 1 rings (SSSR count). The molecule has 0 saturated carbocycles. The van der Waals surface area contributed by atoms with E-state index in [4.69, 9.17) is 4.74 Å². The van der Waals surface area contributed by atoms with Crippen molar-refractivity contribution >= 4 is 24.2 Å². The molecule has 0 aliphatic heterocycles. The lowest BCUT2D eigenvalue weighted by molar-refractivity contribution is -0.144. The van der Waals surface area contributed by atoms with Crippen LogP contribution in [0.2, 0.25) is 0 Å². The van der Waals surface area contributed by atoms with Gasteiger partial charge in [-0.3, -0.25) is 4.79 Å². The number of alkyl carbamates (subject to hydrolysis) is 1. The Hall–Kier alpha value is -3.10. The number of carbonyl (C=O) groups is 4. The number of ether oxygens (including phenoxy) is 4. The summed E-state index contributed by atoms with van der Waals surface area (Å²) in [5.41, 5.74) is 0.773. The Bertz CT molecular complexity index is 616. The Balaban J connectivity index is 2.47. The van der Waals surface area contributed by atoms with E-state index >= 15 is 0 Å². The van der Waals surface area contributed by atoms with Gasteiger partial charge in [-0.2, -0.15) is 0 Å². The first kappa shape index (κ1) is 20.9. The zero-order valence-electron chi connectivity index (χ0n) is 14.6. The van der Waals surface area contributed by atoms with Gasteiger partial charge in [-0.1, -0.05) is 30.3 Å². The fourth-order valence-electron chi connectivity index (χ4n) is 1.85. The molecular formula is C17H21NO8. The van der Waals surface area contributed by atoms with Gasteiger partial charge < -0.3 is 24.3 Å². The fraction of sp³-hybridized carbons (Fsp3) is 0.412. The highest BCUT2D eigenvalue weighted by molar-refractivity contribution is 5.84. The molecule has 0 saturated heterocycles. The Morgan fingerprint density at radius 3 is 2.38 bits per heavy atom. The van der Waals surface area contributed by atoms with Gasteiger partial charge in [0.05, 0.1) is 13.7 Å². The molecule has 0 bridgehead atoms. The molecule has 1 atom stereocenters. The summed E-state index contributed by atoms with van der Waals surface area (Å²) in [6, 6.07) is 7.84. The number of nitrogens with one attached hydrogen (secondary N) is 1. The van der Waals surface area contributed by atoms with Crippen LogP contribution in [0.5, 0.6) is 0 Å². The van der Waals surface area contributed by atoms with Crippen LogP contribution in [0.15, 0.2) is 30.3 Å². The minimum Gasteiger partial charge on any atom is -0.467 e. The normalized spacial score (nSPS) is 11.0. The smallest absolute Gasteiger partial charge is 0.467 e. The zero-order valence-corrected chi connectivity index (χ0v) is 14.6. The minimum absolute atomic E-state index is 0.0193. The predicted octanol–water partition coefficient (Wildman–Crippen LogP) is 1.93. The lowest BCUT2D eigenvalue weighted by Gasteiger charge is -2.16. The van der Waals surface area contributed by atoms with Gasteiger partial charge in [0, 0.05) is 6.42 Å². The molecule has 9 heteroatoms. The number of methoxy groups -OCH3 is 1. The van der Waals surface area contributed by atoms with Crippen LogP contribution in [0.3, 0.4) is 0 Å². The summed E-state index contributed by atoms with van der Waals surface area (Å²) < 4.78 is 18.4. The number of esters is 2. The third-order valence-corrected chi connectivity index (χ3v) is 3.09. The molecule has 1 N–H and O–H groups in total. The number of benzene rings is 1. The molecule has 9 nitrogen and oxygen atoms in total. The van der Waals surface area contributed by atoms with Crippen LogP contribution in [-0.4, -0.2) is 43.9 Å². The first-order chi connectivity index (χ1) is 12.5. The predicted molar refractivity (Wildman–Crippen MR) is 87.9 cm³/mol. The van der Waals surface area contributed by atoms with Crippen molar-refractivity contribution in [2.75, 3.05) is 13.7 Å². The van der Waals surface area contributed by atoms with Crippen molar-refractivity contribution in [3.63, 3.8) is 0 Å². The maximum atomic E-state index is 11.8. The summed E-state index contributed by atoms with van der Waals surface area (Å²) in [6.07, 6.45) is -2.41. The molecule has 0 aromatic heterocycles. The van der Waals surface area contributed by atoms with Gasteiger partial charge in [-0.15, -0.1) is 0 Å². The number of hydrogen-bond donors (Lipinski definition) is 1. The van der Waals surface area contributed by atoms with E-state index in [1.54, 1.807) is 31.2 Å². The summed E-state index contributed by atoms with van der Waals surface area (Å²) in [5, 5.41) is 2.31. The Morgan fingerprint density at radius 2 is 1.77 bits per heavy atom. The van der Waals surface area contributed by atoms with Crippen LogP contribution < -0.4 is 5.32 Å². The van der Waals surface area contributed by atoms with Crippen molar-refractivity contribution in [2.24, 2.45) is 0 Å². The highest BCUT2D eigenvalue weighted by Crippen LogP contribution is 2.05. The van der Waals surface area contributed by atoms with Gasteiger partial charge in [0.1, 0.15) is 12.6 Å². The summed E-state index contributed by atoms with van der Waals surface area (Å²) in [7, 11) is 1.14. The maximum absolute atomic E-state index is 11.8. The summed E-state index contributed by atoms with van der Waals surface area (Å²) in [4.78, 5) is 46.1. The Labute approximate surface area is 150 Å². The number of rotatable bonds is 8. The zero-order chi connectivity index (χ0) is 19.4. The lowest BCUT2D eigenvalue weighted by Crippen LogP contribution is -2.42. The number of amides is 1. The molecule has 0 aliphatic carbocycles. The van der Waals surface area contributed by atoms with Crippen molar-refractivity contribution in [3.05, 3.63) is 35.9 Å². The van der Waals surface area contributed by atoms with E-state index in [2.05, 4.69) is 19.5 Å². The van der Waals surface area contributed by atoms with E-state index < -0.39 is 30.2 Å². The molecule has 0 spiro atoms. The van der Waals surface area contributed by atoms with Gasteiger partial charge >= 0.3 is 24.2 Å². The molecule has 26 heavy (non-hydrogen) atoms. The fourth-order valence-corrected chi connectivity index (χ4v) is 1.85. The molecule has 0 heterocycles. The van der Waals surface area contributed by atoms with E-state index in [1.165, 1.54) is 0 Å². The third kappa shape index (κ3) is 8.13. The van der Waals surface area contributed by atoms with Crippen LogP contribution in [0.1, 0.15) is 25.3 Å². The SMILES string of the molecule is CCOC(=O)OC(=O)CC[C@H](NC(=O)OCc1ccccc1)C(=O)OC. The topological polar surface area (TPSA) is 117 Å². The highest BCUT2D eigenvalue weighted by Gasteiger charge is 2.24. The molecule has 1 amide bonds. The quantitative estimate of drug-likeness (QED) is 0.421. The van der Waals surface area contributed by atoms with Crippen molar-refractivity contribution in [3.8, 4) is 0 Å². The molecule has 0 radical (unpaired) electrons. The number of carbonyl (C=O) groups excluding carboxylic acids is 4. The van der Waals surface area contributed by atoms with Crippen LogP contribution in [0.4, 0.5) is 9.59 Å². The van der Waals surface area contributed by atoms with Crippen LogP contribution in [0, 0.1) is 0 Å². The van der Waals surface area contributed by atoms with Crippen molar-refractivity contribution in [1.29, 1.82) is 0 Å². The first-order valence-corrected chi connectivity index (χ1v) is 7.88. The summed E-state index contributed by atoms with van der Waals surface area (Å²) in [5.74, 6) is -1.65. The molecule has 1 aromatic rings. The molecule has 0 unspecified atom stereocenters. The van der Waals surface area contributed by atoms with Gasteiger partial charge in [-0.25, -0.2) is 14.4 Å². The van der Waals surface area contributed by atoms with Gasteiger partial charge in [0.2, 0.25) is 0 Å². The Morgan fingerprint density at radius 1 is 1.08 bits per heavy atom. The van der Waals surface area contributed by atoms with E-state index in [-0.39, 0.29) is 26.1 Å². The largest absolute Gasteiger partial charge is 0.516 e. The molecule has 0 aliphatic rings. The van der Waals surface area contributed by atoms with Crippen molar-refractivity contribution in [1.82, 2.24) is 5.32 Å². The maximum Gasteiger partial charge on any atom is 0.516 e. The third-order valence-electron chi connectivity index (χ3n) is 3.09. The van der Waals surface area contributed by atoms with Gasteiger partial charge in [0.15, 0.2) is 0 Å². The van der Waals surface area contributed by atoms with Crippen molar-refractivity contribution < 1.29 is 38.1 Å². The number of hydrogen-bond acceptors (Lipinski definition) is 8. The lowest BCUT2D eigenvalue weighted by atomic mass is 10.1. The van der Waals surface area contributed by atoms with E-state index in [9.17, 15) is 19.2 Å². The van der Waals surface area contributed by atoms with Gasteiger partial charge in [-0.05, 0) is 18.9 Å². The monoisotopic (exact) mass is 367 g/mol. The highest BCUT2D eigenvalue weighted by atomic mass is 16.7. The molecule has 1 aromatic carbocycles. The molecular weight excluding hydrogens is 346 g/mol. The summed E-state index contributed by atoms with van der Waals surface area (Å²) in [6.45, 7) is 1.64. The minimum atomic E-state index is -1.13. The average Bonchev–Trinajstić information content (AvgIpc) is 2.63. The second-order valence-electron chi connectivity index (χ2n) is 4.98. The van der Waals surface area contributed by atoms with Crippen LogP contribution in [-0.2, 0) is 35.1 Å². The van der Waals surface area contributed by atoms with E-state index in [0.717, 1.165) is 12.7 Å². The van der Waals surface area contributed by atoms with Crippen molar-refractivity contribution in [2.45, 2.75) is 32.4 Å². The molecule has 0 fully saturated rings. The second-order valence-corrected chi connectivity index (χ2v) is 4.98. The Kier molecular flexibility index (Phi) is 9.23. The second kappa shape index (κ2) is 11.5. The van der Waals surface area contributed by atoms with Crippen LogP contribution in [0.25, 0.3) is 0 Å².